The summed E-state index contributed by atoms with van der Waals surface area (Å²) in [5, 5.41) is 0. The molecule has 0 heterocycles. The Hall–Kier alpha value is -1.58. The maximum Gasteiger partial charge on any atom is 0.241 e. The van der Waals surface area contributed by atoms with E-state index in [2.05, 4.69) is 0 Å². The molecule has 0 saturated heterocycles. The molecule has 0 bridgehead atoms. The lowest BCUT2D eigenvalue weighted by atomic mass is 9.79. The molecular formula is C12H18N2O2. The van der Waals surface area contributed by atoms with Gasteiger partial charge in [0.25, 0.3) is 0 Å². The van der Waals surface area contributed by atoms with Crippen molar-refractivity contribution in [2.45, 2.75) is 25.7 Å². The topological polar surface area (TPSA) is 86.2 Å². The van der Waals surface area contributed by atoms with Crippen molar-refractivity contribution in [1.29, 1.82) is 0 Å². The van der Waals surface area contributed by atoms with Gasteiger partial charge in [0.15, 0.2) is 0 Å². The van der Waals surface area contributed by atoms with Crippen LogP contribution in [0.3, 0.4) is 0 Å². The fourth-order valence-electron chi connectivity index (χ4n) is 2.10. The van der Waals surface area contributed by atoms with Gasteiger partial charge in [0.2, 0.25) is 11.8 Å². The molecule has 0 aromatic carbocycles. The number of hydrogen-bond donors (Lipinski definition) is 2. The predicted octanol–water partition coefficient (Wildman–Crippen LogP) is 0.876. The van der Waals surface area contributed by atoms with Crippen LogP contribution in [0.4, 0.5) is 0 Å². The highest BCUT2D eigenvalue weighted by Gasteiger charge is 2.20. The van der Waals surface area contributed by atoms with E-state index >= 15 is 0 Å². The molecule has 4 N–H and O–H groups in total. The number of amides is 2. The summed E-state index contributed by atoms with van der Waals surface area (Å²) in [5.41, 5.74) is 10.1. The second-order valence-corrected chi connectivity index (χ2v) is 4.14. The van der Waals surface area contributed by atoms with Crippen LogP contribution < -0.4 is 11.5 Å². The summed E-state index contributed by atoms with van der Waals surface area (Å²) >= 11 is 0. The standard InChI is InChI=1S/C12H18N2O2/c13-11(15)7-5-9-3-1-2-4-10(9)6-8-12(14)16/h5-10H,1-4H2,(H2,13,15)(H2,14,16). The second kappa shape index (κ2) is 6.10. The quantitative estimate of drug-likeness (QED) is 0.692. The van der Waals surface area contributed by atoms with Crippen molar-refractivity contribution in [3.05, 3.63) is 24.3 Å². The summed E-state index contributed by atoms with van der Waals surface area (Å²) in [6.45, 7) is 0. The third-order valence-electron chi connectivity index (χ3n) is 2.89. The van der Waals surface area contributed by atoms with Gasteiger partial charge in [0.05, 0.1) is 0 Å². The number of allylic oxidation sites excluding steroid dienone is 2. The van der Waals surface area contributed by atoms with Crippen molar-refractivity contribution < 1.29 is 9.59 Å². The van der Waals surface area contributed by atoms with Gasteiger partial charge in [-0.15, -0.1) is 0 Å². The van der Waals surface area contributed by atoms with Gasteiger partial charge in [0.1, 0.15) is 0 Å². The third kappa shape index (κ3) is 4.29. The molecule has 1 aliphatic carbocycles. The summed E-state index contributed by atoms with van der Waals surface area (Å²) < 4.78 is 0. The first-order valence-corrected chi connectivity index (χ1v) is 5.55. The SMILES string of the molecule is NC(=O)C=CC1CCCCC1C=CC(N)=O. The number of hydrogen-bond acceptors (Lipinski definition) is 2. The minimum Gasteiger partial charge on any atom is -0.366 e. The van der Waals surface area contributed by atoms with E-state index in [9.17, 15) is 9.59 Å². The highest BCUT2D eigenvalue weighted by atomic mass is 16.1. The summed E-state index contributed by atoms with van der Waals surface area (Å²) in [6.07, 6.45) is 10.8. The number of nitrogens with two attached hydrogens (primary N) is 2. The molecule has 0 aromatic rings. The minimum atomic E-state index is -0.428. The van der Waals surface area contributed by atoms with Gasteiger partial charge in [-0.1, -0.05) is 25.0 Å². The van der Waals surface area contributed by atoms with E-state index in [1.165, 1.54) is 12.2 Å². The summed E-state index contributed by atoms with van der Waals surface area (Å²) in [6, 6.07) is 0. The molecule has 1 saturated carbocycles. The van der Waals surface area contributed by atoms with Crippen LogP contribution in [0.15, 0.2) is 24.3 Å². The first-order valence-electron chi connectivity index (χ1n) is 5.55. The maximum absolute atomic E-state index is 10.7. The predicted molar refractivity (Wildman–Crippen MR) is 62.1 cm³/mol. The van der Waals surface area contributed by atoms with Crippen LogP contribution in [0, 0.1) is 11.8 Å². The van der Waals surface area contributed by atoms with Gasteiger partial charge in [-0.05, 0) is 36.8 Å². The third-order valence-corrected chi connectivity index (χ3v) is 2.89. The van der Waals surface area contributed by atoms with Crippen molar-refractivity contribution >= 4 is 11.8 Å². The Morgan fingerprint density at radius 2 is 1.25 bits per heavy atom. The Balaban J connectivity index is 2.63. The number of rotatable bonds is 4. The molecule has 0 aromatic heterocycles. The van der Waals surface area contributed by atoms with E-state index < -0.39 is 11.8 Å². The van der Waals surface area contributed by atoms with Gasteiger partial charge in [-0.25, -0.2) is 0 Å². The van der Waals surface area contributed by atoms with Crippen molar-refractivity contribution in [3.8, 4) is 0 Å². The molecule has 1 rings (SSSR count). The van der Waals surface area contributed by atoms with Gasteiger partial charge in [-0.3, -0.25) is 9.59 Å². The van der Waals surface area contributed by atoms with Gasteiger partial charge >= 0.3 is 0 Å². The molecule has 0 radical (unpaired) electrons. The minimum absolute atomic E-state index is 0.289. The highest BCUT2D eigenvalue weighted by Crippen LogP contribution is 2.31. The lowest BCUT2D eigenvalue weighted by molar-refractivity contribution is -0.114. The van der Waals surface area contributed by atoms with E-state index in [-0.39, 0.29) is 11.8 Å². The molecule has 88 valence electrons. The lowest BCUT2D eigenvalue weighted by Gasteiger charge is -2.26. The maximum atomic E-state index is 10.7. The van der Waals surface area contributed by atoms with Crippen molar-refractivity contribution in [3.63, 3.8) is 0 Å². The van der Waals surface area contributed by atoms with E-state index in [0.29, 0.717) is 0 Å². The number of carbonyl (C=O) groups is 2. The Morgan fingerprint density at radius 3 is 1.56 bits per heavy atom. The highest BCUT2D eigenvalue weighted by molar-refractivity contribution is 5.86. The molecule has 0 spiro atoms. The van der Waals surface area contributed by atoms with Crippen LogP contribution in [-0.4, -0.2) is 11.8 Å². The fraction of sp³-hybridized carbons (Fsp3) is 0.500. The smallest absolute Gasteiger partial charge is 0.241 e. The zero-order valence-electron chi connectivity index (χ0n) is 9.26. The van der Waals surface area contributed by atoms with Crippen LogP contribution >= 0.6 is 0 Å². The van der Waals surface area contributed by atoms with E-state index in [4.69, 9.17) is 11.5 Å². The van der Waals surface area contributed by atoms with E-state index in [1.807, 2.05) is 12.2 Å². The summed E-state index contributed by atoms with van der Waals surface area (Å²) in [5.74, 6) is -0.278. The molecule has 4 nitrogen and oxygen atoms in total. The normalized spacial score (nSPS) is 26.2. The van der Waals surface area contributed by atoms with Crippen LogP contribution in [0.1, 0.15) is 25.7 Å². The Bertz CT molecular complexity index is 289. The molecule has 0 aliphatic heterocycles. The molecule has 2 amide bonds. The molecule has 1 fully saturated rings. The van der Waals surface area contributed by atoms with Crippen molar-refractivity contribution in [2.24, 2.45) is 23.3 Å². The molecule has 2 atom stereocenters. The fourth-order valence-corrected chi connectivity index (χ4v) is 2.10. The second-order valence-electron chi connectivity index (χ2n) is 4.14. The van der Waals surface area contributed by atoms with E-state index in [0.717, 1.165) is 25.7 Å². The first-order chi connectivity index (χ1) is 7.59. The summed E-state index contributed by atoms with van der Waals surface area (Å²) in [7, 11) is 0. The Kier molecular flexibility index (Phi) is 4.76. The molecular weight excluding hydrogens is 204 g/mol. The molecule has 1 aliphatic rings. The molecule has 2 unspecified atom stereocenters. The number of carbonyl (C=O) groups excluding carboxylic acids is 2. The monoisotopic (exact) mass is 222 g/mol. The van der Waals surface area contributed by atoms with Crippen LogP contribution in [0.2, 0.25) is 0 Å². The van der Waals surface area contributed by atoms with Gasteiger partial charge in [0, 0.05) is 0 Å². The molecule has 16 heavy (non-hydrogen) atoms. The zero-order valence-corrected chi connectivity index (χ0v) is 9.26. The lowest BCUT2D eigenvalue weighted by Crippen LogP contribution is -2.18. The summed E-state index contributed by atoms with van der Waals surface area (Å²) in [4.78, 5) is 21.3. The van der Waals surface area contributed by atoms with Gasteiger partial charge in [-0.2, -0.15) is 0 Å². The molecule has 4 heteroatoms. The van der Waals surface area contributed by atoms with Crippen LogP contribution in [0.25, 0.3) is 0 Å². The first kappa shape index (κ1) is 12.5. The largest absolute Gasteiger partial charge is 0.366 e. The van der Waals surface area contributed by atoms with Crippen LogP contribution in [-0.2, 0) is 9.59 Å². The van der Waals surface area contributed by atoms with Crippen LogP contribution in [0.5, 0.6) is 0 Å². The average molecular weight is 222 g/mol. The van der Waals surface area contributed by atoms with Crippen molar-refractivity contribution in [1.82, 2.24) is 0 Å². The van der Waals surface area contributed by atoms with Gasteiger partial charge < -0.3 is 11.5 Å². The Labute approximate surface area is 95.4 Å². The average Bonchev–Trinajstić information content (AvgIpc) is 2.24. The number of primary amides is 2. The van der Waals surface area contributed by atoms with Crippen molar-refractivity contribution in [2.75, 3.05) is 0 Å². The van der Waals surface area contributed by atoms with E-state index in [1.54, 1.807) is 0 Å². The Morgan fingerprint density at radius 1 is 0.875 bits per heavy atom. The zero-order chi connectivity index (χ0) is 12.0.